The Kier molecular flexibility index (Phi) is 8.66. The summed E-state index contributed by atoms with van der Waals surface area (Å²) in [6.45, 7) is 4.48. The summed E-state index contributed by atoms with van der Waals surface area (Å²) in [4.78, 5) is 26.3. The number of phenols is 1. The molecule has 3 N–H and O–H groups in total. The molecule has 0 aliphatic heterocycles. The number of nitrogens with zero attached hydrogens (tertiary/aromatic N) is 2. The van der Waals surface area contributed by atoms with Crippen LogP contribution in [0.25, 0.3) is 6.08 Å². The Bertz CT molecular complexity index is 1100. The van der Waals surface area contributed by atoms with Crippen molar-refractivity contribution in [2.24, 2.45) is 0 Å². The van der Waals surface area contributed by atoms with Crippen LogP contribution in [0, 0.1) is 17.0 Å². The molecular formula is C23H23N3O5S. The number of ether oxygens (including phenoxy) is 2. The van der Waals surface area contributed by atoms with Gasteiger partial charge in [0.15, 0.2) is 16.9 Å². The monoisotopic (exact) mass is 453 g/mol. The molecule has 0 radical (unpaired) electrons. The average Bonchev–Trinajstić information content (AvgIpc) is 2.80. The second-order valence-corrected chi connectivity index (χ2v) is 7.15. The second-order valence-electron chi connectivity index (χ2n) is 6.45. The number of hydrogen-bond acceptors (Lipinski definition) is 7. The summed E-state index contributed by atoms with van der Waals surface area (Å²) in [5, 5.41) is 19.6. The summed E-state index contributed by atoms with van der Waals surface area (Å²) in [6.07, 6.45) is 0.185. The van der Waals surface area contributed by atoms with Crippen molar-refractivity contribution in [3.63, 3.8) is 0 Å². The molecule has 1 atom stereocenters. The highest BCUT2D eigenvalue weighted by Gasteiger charge is 2.20. The number of hydrogen-bond donors (Lipinski definition) is 2. The number of nitrogen functional groups attached to an aromatic ring is 1. The van der Waals surface area contributed by atoms with Crippen molar-refractivity contribution in [3.8, 4) is 23.3 Å². The van der Waals surface area contributed by atoms with E-state index < -0.39 is 23.2 Å². The van der Waals surface area contributed by atoms with Crippen LogP contribution in [0.2, 0.25) is 0 Å². The minimum atomic E-state index is -1.12. The fourth-order valence-electron chi connectivity index (χ4n) is 2.79. The minimum absolute atomic E-state index is 0.109. The quantitative estimate of drug-likeness (QED) is 0.122. The van der Waals surface area contributed by atoms with E-state index in [2.05, 4.69) is 0 Å². The zero-order chi connectivity index (χ0) is 23.7. The molecule has 2 aromatic carbocycles. The number of carbonyl (C=O) groups is 2. The third kappa shape index (κ3) is 6.01. The largest absolute Gasteiger partial charge is 0.515 e. The summed E-state index contributed by atoms with van der Waals surface area (Å²) in [6, 6.07) is 13.3. The molecule has 0 aliphatic carbocycles. The van der Waals surface area contributed by atoms with Crippen molar-refractivity contribution < 1.29 is 24.2 Å². The van der Waals surface area contributed by atoms with E-state index >= 15 is 0 Å². The van der Waals surface area contributed by atoms with Crippen LogP contribution in [0.5, 0.6) is 11.5 Å². The summed E-state index contributed by atoms with van der Waals surface area (Å²) < 4.78 is 10.3. The normalized spacial score (nSPS) is 11.7. The van der Waals surface area contributed by atoms with Gasteiger partial charge in [-0.25, -0.2) is 4.79 Å². The Morgan fingerprint density at radius 3 is 2.50 bits per heavy atom. The van der Waals surface area contributed by atoms with Crippen molar-refractivity contribution in [2.45, 2.75) is 19.3 Å². The van der Waals surface area contributed by atoms with Crippen LogP contribution in [-0.2, 0) is 9.53 Å². The summed E-state index contributed by atoms with van der Waals surface area (Å²) >= 11 is 0.796. The van der Waals surface area contributed by atoms with Crippen LogP contribution in [0.15, 0.2) is 48.0 Å². The van der Waals surface area contributed by atoms with Gasteiger partial charge < -0.3 is 25.2 Å². The van der Waals surface area contributed by atoms with E-state index in [1.165, 1.54) is 23.1 Å². The Hall–Kier alpha value is -3.99. The van der Waals surface area contributed by atoms with Crippen LogP contribution in [0.4, 0.5) is 10.5 Å². The molecule has 2 rings (SSSR count). The zero-order valence-corrected chi connectivity index (χ0v) is 18.5. The van der Waals surface area contributed by atoms with Crippen LogP contribution in [0.3, 0.4) is 0 Å². The highest BCUT2D eigenvalue weighted by atomic mass is 32.1. The molecule has 1 unspecified atom stereocenters. The molecule has 0 saturated heterocycles. The molecule has 0 heterocycles. The average molecular weight is 454 g/mol. The van der Waals surface area contributed by atoms with Gasteiger partial charge in [0.2, 0.25) is 0 Å². The Morgan fingerprint density at radius 1 is 1.28 bits per heavy atom. The van der Waals surface area contributed by atoms with Crippen molar-refractivity contribution in [1.29, 1.82) is 5.26 Å². The molecule has 1 amide bonds. The standard InChI is InChI=1S/C23H23N3O5S/c1-4-26(5-2)21(28)17(14-24)11-15-12-18(25)20(27)19(13-15)30-23(29)31-22(32-3)16-9-7-6-8-10-16/h3,6-13,22,27H,4-5,25H2,1-2H3/b17-11+. The number of aromatic hydroxyl groups is 1. The van der Waals surface area contributed by atoms with Gasteiger partial charge in [0, 0.05) is 18.7 Å². The van der Waals surface area contributed by atoms with Gasteiger partial charge in [-0.15, -0.1) is 5.69 Å². The van der Waals surface area contributed by atoms with E-state index in [1.807, 2.05) is 6.07 Å². The zero-order valence-electron chi connectivity index (χ0n) is 17.6. The number of nitriles is 1. The predicted octanol–water partition coefficient (Wildman–Crippen LogP) is 4.29. The molecule has 0 bridgehead atoms. The van der Waals surface area contributed by atoms with Gasteiger partial charge in [0.25, 0.3) is 5.91 Å². The Morgan fingerprint density at radius 2 is 1.94 bits per heavy atom. The van der Waals surface area contributed by atoms with Crippen molar-refractivity contribution in [3.05, 3.63) is 59.2 Å². The predicted molar refractivity (Wildman–Crippen MR) is 123 cm³/mol. The van der Waals surface area contributed by atoms with E-state index in [0.29, 0.717) is 18.7 Å². The third-order valence-electron chi connectivity index (χ3n) is 4.43. The van der Waals surface area contributed by atoms with Gasteiger partial charge in [-0.05, 0) is 37.6 Å². The van der Waals surface area contributed by atoms with E-state index in [1.54, 1.807) is 44.2 Å². The van der Waals surface area contributed by atoms with Crippen LogP contribution in [-0.4, -0.2) is 35.2 Å². The maximum atomic E-state index is 12.5. The number of phenolic OH excluding ortho intramolecular Hbond substituents is 1. The first-order valence-corrected chi connectivity index (χ1v) is 10.6. The lowest BCUT2D eigenvalue weighted by Crippen LogP contribution is -2.31. The van der Waals surface area contributed by atoms with Gasteiger partial charge in [0.05, 0.1) is 5.69 Å². The first-order valence-electron chi connectivity index (χ1n) is 9.67. The van der Waals surface area contributed by atoms with Crippen LogP contribution >= 0.6 is 11.2 Å². The highest BCUT2D eigenvalue weighted by Crippen LogP contribution is 2.35. The Labute approximate surface area is 190 Å². The van der Waals surface area contributed by atoms with E-state index in [0.717, 1.165) is 11.2 Å². The number of benzene rings is 2. The summed E-state index contributed by atoms with van der Waals surface area (Å²) in [7, 11) is 0. The summed E-state index contributed by atoms with van der Waals surface area (Å²) in [5.74, 6) is -1.22. The molecule has 2 aromatic rings. The topological polar surface area (TPSA) is 126 Å². The van der Waals surface area contributed by atoms with Crippen molar-refractivity contribution >= 4 is 35.0 Å². The number of rotatable bonds is 7. The molecule has 0 saturated carbocycles. The molecule has 8 nitrogen and oxygen atoms in total. The summed E-state index contributed by atoms with van der Waals surface area (Å²) in [5.41, 5.74) is 11.3. The van der Waals surface area contributed by atoms with Gasteiger partial charge in [-0.2, -0.15) is 5.26 Å². The van der Waals surface area contributed by atoms with Gasteiger partial charge >= 0.3 is 6.16 Å². The Balaban J connectivity index is 2.28. The van der Waals surface area contributed by atoms with Crippen molar-refractivity contribution in [2.75, 3.05) is 18.8 Å². The van der Waals surface area contributed by atoms with E-state index in [9.17, 15) is 20.0 Å². The molecule has 0 spiro atoms. The number of anilines is 1. The lowest BCUT2D eigenvalue weighted by atomic mass is 10.1. The molecule has 32 heavy (non-hydrogen) atoms. The second kappa shape index (κ2) is 11.4. The minimum Gasteiger partial charge on any atom is -0.503 e. The molecule has 0 fully saturated rings. The first kappa shape index (κ1) is 24.3. The molecular weight excluding hydrogens is 430 g/mol. The number of nitrogens with two attached hydrogens (primary N) is 1. The fourth-order valence-corrected chi connectivity index (χ4v) is 3.24. The number of amides is 1. The molecule has 166 valence electrons. The van der Waals surface area contributed by atoms with Crippen molar-refractivity contribution in [1.82, 2.24) is 4.90 Å². The lowest BCUT2D eigenvalue weighted by Gasteiger charge is -2.18. The van der Waals surface area contributed by atoms with Crippen LogP contribution in [0.1, 0.15) is 30.4 Å². The van der Waals surface area contributed by atoms with Gasteiger partial charge in [0.1, 0.15) is 11.6 Å². The maximum absolute atomic E-state index is 12.5. The van der Waals surface area contributed by atoms with E-state index in [-0.39, 0.29) is 22.6 Å². The SMILES string of the molecule is C#SC(OC(=O)Oc1cc(/C=C(\C#N)C(=O)N(CC)CC)cc(N)c1O)c1ccccc1. The highest BCUT2D eigenvalue weighted by molar-refractivity contribution is 7.88. The molecule has 9 heteroatoms. The first-order chi connectivity index (χ1) is 15.3. The van der Waals surface area contributed by atoms with Crippen LogP contribution < -0.4 is 10.5 Å². The third-order valence-corrected chi connectivity index (χ3v) is 5.05. The van der Waals surface area contributed by atoms with Gasteiger partial charge in [-0.1, -0.05) is 41.5 Å². The van der Waals surface area contributed by atoms with Gasteiger partial charge in [-0.3, -0.25) is 4.79 Å². The maximum Gasteiger partial charge on any atom is 0.515 e. The number of carbonyl (C=O) groups excluding carboxylic acids is 2. The smallest absolute Gasteiger partial charge is 0.503 e. The molecule has 0 aliphatic rings. The number of likely N-dealkylation sites (N-methyl/N-ethyl adjacent to an activating group) is 1. The lowest BCUT2D eigenvalue weighted by molar-refractivity contribution is -0.126. The fraction of sp³-hybridized carbons (Fsp3) is 0.217. The molecule has 0 aromatic heterocycles. The van der Waals surface area contributed by atoms with E-state index in [4.69, 9.17) is 20.9 Å².